The summed E-state index contributed by atoms with van der Waals surface area (Å²) in [6.07, 6.45) is -0.232. The van der Waals surface area contributed by atoms with Crippen molar-refractivity contribution in [1.82, 2.24) is 0 Å². The van der Waals surface area contributed by atoms with Gasteiger partial charge in [-0.05, 0) is 12.8 Å². The number of hydrogen-bond donors (Lipinski definition) is 4. The molecule has 0 saturated carbocycles. The summed E-state index contributed by atoms with van der Waals surface area (Å²) in [5, 5.41) is 8.28. The van der Waals surface area contributed by atoms with E-state index in [1.54, 1.807) is 0 Å². The Hall–Kier alpha value is -2.16. The van der Waals surface area contributed by atoms with Gasteiger partial charge >= 0.3 is 17.9 Å². The summed E-state index contributed by atoms with van der Waals surface area (Å²) in [6.45, 7) is 0.298. The Balaban J connectivity index is 3.92. The molecule has 9 heteroatoms. The van der Waals surface area contributed by atoms with Crippen LogP contribution in [0.3, 0.4) is 0 Å². The lowest BCUT2D eigenvalue weighted by molar-refractivity contribution is -0.162. The van der Waals surface area contributed by atoms with Crippen molar-refractivity contribution >= 4 is 23.9 Å². The number of carboxylic acid groups (broad SMARTS) is 1. The van der Waals surface area contributed by atoms with Crippen molar-refractivity contribution in [2.45, 2.75) is 25.3 Å². The van der Waals surface area contributed by atoms with Gasteiger partial charge in [0.25, 0.3) is 0 Å². The van der Waals surface area contributed by atoms with E-state index in [-0.39, 0.29) is 12.4 Å². The number of carbonyl (C=O) groups is 3. The number of rotatable bonds is 7. The topological polar surface area (TPSA) is 171 Å². The van der Waals surface area contributed by atoms with Crippen molar-refractivity contribution in [3.8, 4) is 0 Å². The van der Waals surface area contributed by atoms with Gasteiger partial charge in [0.15, 0.2) is 5.96 Å². The van der Waals surface area contributed by atoms with E-state index in [0.717, 1.165) is 0 Å². The second-order valence-electron chi connectivity index (χ2n) is 3.42. The van der Waals surface area contributed by atoms with E-state index in [0.29, 0.717) is 13.0 Å². The van der Waals surface area contributed by atoms with Crippen molar-refractivity contribution in [2.75, 3.05) is 6.54 Å². The maximum absolute atomic E-state index is 11.2. The fourth-order valence-electron chi connectivity index (χ4n) is 0.985. The highest BCUT2D eigenvalue weighted by atomic mass is 16.6. The molecule has 0 aromatic heterocycles. The van der Waals surface area contributed by atoms with Crippen LogP contribution in [0.1, 0.15) is 19.3 Å². The summed E-state index contributed by atoms with van der Waals surface area (Å²) >= 11 is 0. The van der Waals surface area contributed by atoms with Gasteiger partial charge < -0.3 is 27.0 Å². The fraction of sp³-hybridized carbons (Fsp3) is 0.556. The van der Waals surface area contributed by atoms with Gasteiger partial charge in [-0.25, -0.2) is 4.79 Å². The predicted molar refractivity (Wildman–Crippen MR) is 61.2 cm³/mol. The molecule has 9 nitrogen and oxygen atoms in total. The number of carbonyl (C=O) groups excluding carboxylic acids is 2. The molecule has 0 heterocycles. The molecule has 1 atom stereocenters. The Morgan fingerprint density at radius 3 is 2.39 bits per heavy atom. The van der Waals surface area contributed by atoms with Gasteiger partial charge in [-0.2, -0.15) is 0 Å². The zero-order chi connectivity index (χ0) is 14.1. The summed E-state index contributed by atoms with van der Waals surface area (Å²) < 4.78 is 4.23. The molecule has 0 aromatic rings. The average molecular weight is 260 g/mol. The van der Waals surface area contributed by atoms with Crippen LogP contribution in [0.4, 0.5) is 0 Å². The molecule has 102 valence electrons. The minimum atomic E-state index is -1.38. The third-order valence-corrected chi connectivity index (χ3v) is 1.78. The number of carboxylic acids is 1. The standard InChI is InChI=1S/C9H16N4O5/c10-5(2-1-3-13-9(11)12)8(17)18-7(16)4-6(14)15/h5H,1-4,10H2,(H,14,15)(H4,11,12,13)/t5-/m0/s1. The molecule has 0 aliphatic carbocycles. The maximum Gasteiger partial charge on any atom is 0.330 e. The molecule has 18 heavy (non-hydrogen) atoms. The van der Waals surface area contributed by atoms with Crippen LogP contribution in [0.5, 0.6) is 0 Å². The van der Waals surface area contributed by atoms with Crippen LogP contribution in [-0.4, -0.2) is 41.6 Å². The number of ether oxygens (including phenoxy) is 1. The fourth-order valence-corrected chi connectivity index (χ4v) is 0.985. The van der Waals surface area contributed by atoms with E-state index < -0.39 is 30.4 Å². The number of hydrogen-bond acceptors (Lipinski definition) is 6. The SMILES string of the molecule is NC(N)=NCCC[C@H](N)C(=O)OC(=O)CC(=O)O. The first-order valence-electron chi connectivity index (χ1n) is 5.10. The highest BCUT2D eigenvalue weighted by molar-refractivity contribution is 5.96. The molecule has 0 radical (unpaired) electrons. The van der Waals surface area contributed by atoms with Crippen molar-refractivity contribution in [2.24, 2.45) is 22.2 Å². The second kappa shape index (κ2) is 8.01. The van der Waals surface area contributed by atoms with Crippen LogP contribution >= 0.6 is 0 Å². The number of nitrogens with two attached hydrogens (primary N) is 3. The number of nitrogens with zero attached hydrogens (tertiary/aromatic N) is 1. The molecule has 0 aliphatic heterocycles. The third-order valence-electron chi connectivity index (χ3n) is 1.78. The summed E-state index contributed by atoms with van der Waals surface area (Å²) in [5.74, 6) is -3.56. The highest BCUT2D eigenvalue weighted by Crippen LogP contribution is 1.99. The molecule has 7 N–H and O–H groups in total. The lowest BCUT2D eigenvalue weighted by atomic mass is 10.2. The van der Waals surface area contributed by atoms with Crippen LogP contribution in [0, 0.1) is 0 Å². The van der Waals surface area contributed by atoms with Crippen molar-refractivity contribution < 1.29 is 24.2 Å². The maximum atomic E-state index is 11.2. The van der Waals surface area contributed by atoms with Crippen molar-refractivity contribution in [3.63, 3.8) is 0 Å². The number of aliphatic carboxylic acids is 1. The quantitative estimate of drug-likeness (QED) is 0.133. The van der Waals surface area contributed by atoms with Crippen molar-refractivity contribution in [3.05, 3.63) is 0 Å². The zero-order valence-electron chi connectivity index (χ0n) is 9.67. The summed E-state index contributed by atoms with van der Waals surface area (Å²) in [4.78, 5) is 35.9. The molecule has 0 saturated heterocycles. The number of guanidine groups is 1. The first-order chi connectivity index (χ1) is 8.32. The lowest BCUT2D eigenvalue weighted by Gasteiger charge is -2.08. The number of aliphatic imine (C=N–C) groups is 1. The highest BCUT2D eigenvalue weighted by Gasteiger charge is 2.19. The third kappa shape index (κ3) is 8.05. The Kier molecular flexibility index (Phi) is 7.05. The zero-order valence-corrected chi connectivity index (χ0v) is 9.67. The van der Waals surface area contributed by atoms with Gasteiger partial charge in [-0.1, -0.05) is 0 Å². The van der Waals surface area contributed by atoms with Crippen LogP contribution in [0.15, 0.2) is 4.99 Å². The molecular weight excluding hydrogens is 244 g/mol. The summed E-state index contributed by atoms with van der Waals surface area (Å²) in [7, 11) is 0. The molecule has 0 aromatic carbocycles. The normalized spacial score (nSPS) is 11.4. The minimum Gasteiger partial charge on any atom is -0.481 e. The van der Waals surface area contributed by atoms with Crippen molar-refractivity contribution in [1.29, 1.82) is 0 Å². The molecule has 0 spiro atoms. The molecule has 0 rings (SSSR count). The molecular formula is C9H16N4O5. The Morgan fingerprint density at radius 1 is 1.28 bits per heavy atom. The van der Waals surface area contributed by atoms with Gasteiger partial charge in [0.1, 0.15) is 12.5 Å². The molecule has 0 unspecified atom stereocenters. The molecule has 0 fully saturated rings. The monoisotopic (exact) mass is 260 g/mol. The van der Waals surface area contributed by atoms with E-state index in [9.17, 15) is 14.4 Å². The molecule has 0 amide bonds. The summed E-state index contributed by atoms with van der Waals surface area (Å²) in [5.41, 5.74) is 15.6. The van der Waals surface area contributed by atoms with E-state index in [2.05, 4.69) is 9.73 Å². The summed E-state index contributed by atoms with van der Waals surface area (Å²) in [6, 6.07) is -1.02. The van der Waals surface area contributed by atoms with Gasteiger partial charge in [0, 0.05) is 6.54 Å². The van der Waals surface area contributed by atoms with Crippen LogP contribution in [0.25, 0.3) is 0 Å². The Labute approximate surface area is 103 Å². The minimum absolute atomic E-state index is 0.0669. The van der Waals surface area contributed by atoms with Gasteiger partial charge in [-0.3, -0.25) is 14.6 Å². The van der Waals surface area contributed by atoms with E-state index >= 15 is 0 Å². The van der Waals surface area contributed by atoms with Crippen LogP contribution in [0.2, 0.25) is 0 Å². The Bertz CT molecular complexity index is 351. The van der Waals surface area contributed by atoms with Crippen LogP contribution in [-0.2, 0) is 19.1 Å². The second-order valence-corrected chi connectivity index (χ2v) is 3.42. The first-order valence-corrected chi connectivity index (χ1v) is 5.10. The predicted octanol–water partition coefficient (Wildman–Crippen LogP) is -2.09. The van der Waals surface area contributed by atoms with Gasteiger partial charge in [0.2, 0.25) is 0 Å². The van der Waals surface area contributed by atoms with E-state index in [4.69, 9.17) is 22.3 Å². The number of esters is 2. The van der Waals surface area contributed by atoms with Crippen LogP contribution < -0.4 is 17.2 Å². The average Bonchev–Trinajstić information content (AvgIpc) is 2.22. The lowest BCUT2D eigenvalue weighted by Crippen LogP contribution is -2.34. The first kappa shape index (κ1) is 15.8. The smallest absolute Gasteiger partial charge is 0.330 e. The van der Waals surface area contributed by atoms with E-state index in [1.807, 2.05) is 0 Å². The molecule has 0 aliphatic rings. The Morgan fingerprint density at radius 2 is 1.89 bits per heavy atom. The van der Waals surface area contributed by atoms with Gasteiger partial charge in [-0.15, -0.1) is 0 Å². The van der Waals surface area contributed by atoms with E-state index in [1.165, 1.54) is 0 Å². The largest absolute Gasteiger partial charge is 0.481 e. The molecule has 0 bridgehead atoms. The van der Waals surface area contributed by atoms with Gasteiger partial charge in [0.05, 0.1) is 0 Å².